The largest absolute Gasteiger partial charge is 0.359 e. The molecule has 0 aromatic carbocycles. The molecule has 0 aliphatic carbocycles. The molecule has 0 amide bonds. The molecule has 0 spiro atoms. The van der Waals surface area contributed by atoms with Crippen LogP contribution in [0.1, 0.15) is 10.6 Å². The third-order valence-electron chi connectivity index (χ3n) is 2.12. The first-order valence-electron chi connectivity index (χ1n) is 4.90. The number of hydrogen-bond donors (Lipinski definition) is 1. The van der Waals surface area contributed by atoms with Gasteiger partial charge in [0.1, 0.15) is 0 Å². The van der Waals surface area contributed by atoms with Gasteiger partial charge in [0.05, 0.1) is 17.0 Å². The Morgan fingerprint density at radius 2 is 2.35 bits per heavy atom. The van der Waals surface area contributed by atoms with Crippen molar-refractivity contribution in [2.24, 2.45) is 0 Å². The first kappa shape index (κ1) is 11.5. The van der Waals surface area contributed by atoms with Crippen molar-refractivity contribution in [1.82, 2.24) is 9.97 Å². The summed E-state index contributed by atoms with van der Waals surface area (Å²) in [4.78, 5) is 19.4. The van der Waals surface area contributed by atoms with Gasteiger partial charge in [-0.3, -0.25) is 15.1 Å². The second-order valence-electron chi connectivity index (χ2n) is 3.40. The Labute approximate surface area is 102 Å². The first-order chi connectivity index (χ1) is 8.16. The lowest BCUT2D eigenvalue weighted by Gasteiger charge is -2.05. The van der Waals surface area contributed by atoms with Crippen LogP contribution in [0.2, 0.25) is 0 Å². The third kappa shape index (κ3) is 2.76. The Morgan fingerprint density at radius 1 is 1.53 bits per heavy atom. The molecule has 0 saturated carbocycles. The van der Waals surface area contributed by atoms with Crippen molar-refractivity contribution in [3.05, 3.63) is 44.5 Å². The van der Waals surface area contributed by atoms with E-state index in [1.807, 2.05) is 0 Å². The molecule has 0 bridgehead atoms. The van der Waals surface area contributed by atoms with Crippen molar-refractivity contribution in [2.75, 3.05) is 5.32 Å². The number of pyridine rings is 1. The van der Waals surface area contributed by atoms with Gasteiger partial charge in [-0.2, -0.15) is 0 Å². The molecule has 2 aromatic heterocycles. The van der Waals surface area contributed by atoms with E-state index in [-0.39, 0.29) is 5.69 Å². The average molecular weight is 250 g/mol. The Hall–Kier alpha value is -2.02. The zero-order valence-corrected chi connectivity index (χ0v) is 9.90. The van der Waals surface area contributed by atoms with Gasteiger partial charge in [0.15, 0.2) is 0 Å². The van der Waals surface area contributed by atoms with Crippen molar-refractivity contribution in [2.45, 2.75) is 13.5 Å². The quantitative estimate of drug-likeness (QED) is 0.665. The summed E-state index contributed by atoms with van der Waals surface area (Å²) in [6.45, 7) is 2.28. The van der Waals surface area contributed by atoms with Gasteiger partial charge in [-0.15, -0.1) is 11.3 Å². The van der Waals surface area contributed by atoms with E-state index < -0.39 is 4.92 Å². The minimum atomic E-state index is -0.443. The number of nitrogens with one attached hydrogen (secondary N) is 1. The fraction of sp³-hybridized carbons (Fsp3) is 0.200. The molecule has 0 unspecified atom stereocenters. The van der Waals surface area contributed by atoms with Crippen LogP contribution in [0.4, 0.5) is 11.5 Å². The summed E-state index contributed by atoms with van der Waals surface area (Å²) in [6, 6.07) is 3.08. The zero-order valence-electron chi connectivity index (χ0n) is 9.08. The number of thiazole rings is 1. The molecular weight excluding hydrogens is 240 g/mol. The second-order valence-corrected chi connectivity index (χ2v) is 4.37. The lowest BCUT2D eigenvalue weighted by Crippen LogP contribution is -2.04. The van der Waals surface area contributed by atoms with Crippen molar-refractivity contribution < 1.29 is 4.92 Å². The second kappa shape index (κ2) is 4.88. The predicted octanol–water partition coefficient (Wildman–Crippen LogP) is 2.37. The normalized spacial score (nSPS) is 10.2. The van der Waals surface area contributed by atoms with Gasteiger partial charge in [0, 0.05) is 22.8 Å². The van der Waals surface area contributed by atoms with Gasteiger partial charge < -0.3 is 5.32 Å². The highest BCUT2D eigenvalue weighted by atomic mass is 32.1. The molecule has 88 valence electrons. The first-order valence-corrected chi connectivity index (χ1v) is 5.78. The fourth-order valence-corrected chi connectivity index (χ4v) is 1.86. The third-order valence-corrected chi connectivity index (χ3v) is 2.90. The molecule has 17 heavy (non-hydrogen) atoms. The van der Waals surface area contributed by atoms with Crippen LogP contribution < -0.4 is 5.32 Å². The molecule has 0 aliphatic heterocycles. The average Bonchev–Trinajstić information content (AvgIpc) is 2.78. The van der Waals surface area contributed by atoms with Crippen molar-refractivity contribution in [1.29, 1.82) is 0 Å². The van der Waals surface area contributed by atoms with Crippen LogP contribution in [0.25, 0.3) is 0 Å². The maximum absolute atomic E-state index is 10.8. The zero-order chi connectivity index (χ0) is 12.3. The van der Waals surface area contributed by atoms with Crippen LogP contribution in [-0.4, -0.2) is 14.9 Å². The summed E-state index contributed by atoms with van der Waals surface area (Å²) in [5.41, 5.74) is 2.44. The number of nitrogens with zero attached hydrogens (tertiary/aromatic N) is 3. The van der Waals surface area contributed by atoms with E-state index in [9.17, 15) is 10.1 Å². The Morgan fingerprint density at radius 3 is 3.00 bits per heavy atom. The Balaban J connectivity index is 2.19. The van der Waals surface area contributed by atoms with Crippen molar-refractivity contribution in [3.8, 4) is 0 Å². The fourth-order valence-electron chi connectivity index (χ4n) is 1.33. The number of aryl methyl sites for hydroxylation is 1. The number of hydrogen-bond acceptors (Lipinski definition) is 6. The molecule has 2 heterocycles. The highest BCUT2D eigenvalue weighted by molar-refractivity contribution is 7.09. The lowest BCUT2D eigenvalue weighted by atomic mass is 10.3. The molecule has 7 heteroatoms. The predicted molar refractivity (Wildman–Crippen MR) is 65.1 cm³/mol. The smallest absolute Gasteiger partial charge is 0.311 e. The number of anilines is 1. The summed E-state index contributed by atoms with van der Waals surface area (Å²) in [5.74, 6) is 0.295. The molecular formula is C10H10N4O2S. The topological polar surface area (TPSA) is 81.0 Å². The van der Waals surface area contributed by atoms with E-state index in [0.29, 0.717) is 12.4 Å². The Kier molecular flexibility index (Phi) is 3.29. The van der Waals surface area contributed by atoms with E-state index in [0.717, 1.165) is 10.6 Å². The SMILES string of the molecule is Cc1ccc([N+](=O)[O-])c(NCc2cncs2)n1. The maximum atomic E-state index is 10.8. The van der Waals surface area contributed by atoms with Gasteiger partial charge in [-0.25, -0.2) is 4.98 Å². The molecule has 0 fully saturated rings. The van der Waals surface area contributed by atoms with Crippen molar-refractivity contribution in [3.63, 3.8) is 0 Å². The van der Waals surface area contributed by atoms with E-state index in [2.05, 4.69) is 15.3 Å². The number of rotatable bonds is 4. The van der Waals surface area contributed by atoms with Crippen LogP contribution in [0.15, 0.2) is 23.8 Å². The minimum Gasteiger partial charge on any atom is -0.359 e. The van der Waals surface area contributed by atoms with Crippen molar-refractivity contribution >= 4 is 22.8 Å². The van der Waals surface area contributed by atoms with E-state index in [1.54, 1.807) is 24.7 Å². The highest BCUT2D eigenvalue weighted by Crippen LogP contribution is 2.22. The molecule has 0 saturated heterocycles. The molecule has 6 nitrogen and oxygen atoms in total. The van der Waals surface area contributed by atoms with Crippen LogP contribution in [-0.2, 0) is 6.54 Å². The number of nitro groups is 1. The summed E-state index contributed by atoms with van der Waals surface area (Å²) in [5, 5.41) is 13.8. The van der Waals surface area contributed by atoms with E-state index in [4.69, 9.17) is 0 Å². The molecule has 0 radical (unpaired) electrons. The minimum absolute atomic E-state index is 0.0138. The molecule has 2 aromatic rings. The molecule has 2 rings (SSSR count). The molecule has 1 N–H and O–H groups in total. The van der Waals surface area contributed by atoms with Crippen LogP contribution in [0.3, 0.4) is 0 Å². The maximum Gasteiger partial charge on any atom is 0.311 e. The van der Waals surface area contributed by atoms with Crippen LogP contribution in [0.5, 0.6) is 0 Å². The van der Waals surface area contributed by atoms with Gasteiger partial charge in [-0.05, 0) is 13.0 Å². The number of aromatic nitrogens is 2. The monoisotopic (exact) mass is 250 g/mol. The van der Waals surface area contributed by atoms with Gasteiger partial charge in [0.25, 0.3) is 0 Å². The van der Waals surface area contributed by atoms with Crippen LogP contribution in [0, 0.1) is 17.0 Å². The summed E-state index contributed by atoms with van der Waals surface area (Å²) < 4.78 is 0. The molecule has 0 aliphatic rings. The van der Waals surface area contributed by atoms with Gasteiger partial charge in [-0.1, -0.05) is 0 Å². The summed E-state index contributed by atoms with van der Waals surface area (Å²) >= 11 is 1.49. The summed E-state index contributed by atoms with van der Waals surface area (Å²) in [7, 11) is 0. The molecule has 0 atom stereocenters. The van der Waals surface area contributed by atoms with Gasteiger partial charge in [0.2, 0.25) is 5.82 Å². The van der Waals surface area contributed by atoms with Crippen LogP contribution >= 0.6 is 11.3 Å². The Bertz CT molecular complexity index is 527. The standard InChI is InChI=1S/C10H10N4O2S/c1-7-2-3-9(14(15)16)10(13-7)12-5-8-4-11-6-17-8/h2-4,6H,5H2,1H3,(H,12,13). The summed E-state index contributed by atoms with van der Waals surface area (Å²) in [6.07, 6.45) is 1.72. The van der Waals surface area contributed by atoms with E-state index >= 15 is 0 Å². The lowest BCUT2D eigenvalue weighted by molar-refractivity contribution is -0.384. The van der Waals surface area contributed by atoms with E-state index in [1.165, 1.54) is 17.4 Å². The van der Waals surface area contributed by atoms with Gasteiger partial charge >= 0.3 is 5.69 Å². The highest BCUT2D eigenvalue weighted by Gasteiger charge is 2.14.